The molecule has 2 heteroatoms. The van der Waals surface area contributed by atoms with Gasteiger partial charge in [-0.1, -0.05) is 6.07 Å². The quantitative estimate of drug-likeness (QED) is 0.798. The second kappa shape index (κ2) is 3.53. The molecular formula is C13H17NO. The van der Waals surface area contributed by atoms with Gasteiger partial charge in [-0.05, 0) is 55.4 Å². The van der Waals surface area contributed by atoms with Crippen molar-refractivity contribution in [3.05, 3.63) is 29.3 Å². The van der Waals surface area contributed by atoms with E-state index in [1.165, 1.54) is 30.4 Å². The van der Waals surface area contributed by atoms with Gasteiger partial charge in [0.25, 0.3) is 0 Å². The molecule has 0 atom stereocenters. The summed E-state index contributed by atoms with van der Waals surface area (Å²) in [6, 6.07) is 6.90. The Labute approximate surface area is 90.4 Å². The average Bonchev–Trinajstić information content (AvgIpc) is 2.62. The summed E-state index contributed by atoms with van der Waals surface area (Å²) in [5, 5.41) is 0. The Morgan fingerprint density at radius 2 is 1.93 bits per heavy atom. The van der Waals surface area contributed by atoms with Crippen molar-refractivity contribution in [2.75, 3.05) is 0 Å². The van der Waals surface area contributed by atoms with Crippen molar-refractivity contribution in [3.8, 4) is 5.75 Å². The monoisotopic (exact) mass is 203 g/mol. The number of fused-ring (bicyclic) bond motifs is 1. The number of ether oxygens (including phenoxy) is 1. The van der Waals surface area contributed by atoms with Gasteiger partial charge in [0.1, 0.15) is 11.9 Å². The molecule has 1 aromatic rings. The molecule has 3 rings (SSSR count). The molecule has 1 fully saturated rings. The van der Waals surface area contributed by atoms with E-state index in [0.29, 0.717) is 12.1 Å². The molecule has 2 aliphatic rings. The van der Waals surface area contributed by atoms with E-state index < -0.39 is 0 Å². The number of nitrogens with two attached hydrogens (primary N) is 1. The molecule has 1 saturated carbocycles. The first kappa shape index (κ1) is 9.22. The zero-order valence-electron chi connectivity index (χ0n) is 8.91. The van der Waals surface area contributed by atoms with Gasteiger partial charge in [-0.15, -0.1) is 0 Å². The minimum Gasteiger partial charge on any atom is -0.490 e. The third-order valence-electron chi connectivity index (χ3n) is 3.50. The van der Waals surface area contributed by atoms with Crippen LogP contribution in [-0.2, 0) is 12.8 Å². The first-order valence-electron chi connectivity index (χ1n) is 5.85. The van der Waals surface area contributed by atoms with Crippen LogP contribution in [0.2, 0.25) is 0 Å². The van der Waals surface area contributed by atoms with E-state index in [1.54, 1.807) is 0 Å². The van der Waals surface area contributed by atoms with Gasteiger partial charge < -0.3 is 10.5 Å². The number of benzene rings is 1. The van der Waals surface area contributed by atoms with Gasteiger partial charge >= 0.3 is 0 Å². The van der Waals surface area contributed by atoms with Crippen LogP contribution >= 0.6 is 0 Å². The SMILES string of the molecule is NC1CC(Oc2ccc3c(c2)CCC3)C1. The summed E-state index contributed by atoms with van der Waals surface area (Å²) in [5.41, 5.74) is 8.72. The van der Waals surface area contributed by atoms with Gasteiger partial charge in [0, 0.05) is 6.04 Å². The lowest BCUT2D eigenvalue weighted by Crippen LogP contribution is -2.43. The molecule has 2 aliphatic carbocycles. The highest BCUT2D eigenvalue weighted by Crippen LogP contribution is 2.29. The smallest absolute Gasteiger partial charge is 0.120 e. The van der Waals surface area contributed by atoms with Crippen molar-refractivity contribution in [1.29, 1.82) is 0 Å². The third kappa shape index (κ3) is 1.74. The fraction of sp³-hybridized carbons (Fsp3) is 0.538. The van der Waals surface area contributed by atoms with Crippen molar-refractivity contribution in [2.45, 2.75) is 44.2 Å². The van der Waals surface area contributed by atoms with Crippen molar-refractivity contribution in [3.63, 3.8) is 0 Å². The topological polar surface area (TPSA) is 35.2 Å². The minimum absolute atomic E-state index is 0.361. The van der Waals surface area contributed by atoms with Gasteiger partial charge in [0.05, 0.1) is 0 Å². The van der Waals surface area contributed by atoms with Crippen LogP contribution in [-0.4, -0.2) is 12.1 Å². The second-order valence-corrected chi connectivity index (χ2v) is 4.76. The van der Waals surface area contributed by atoms with Crippen LogP contribution < -0.4 is 10.5 Å². The van der Waals surface area contributed by atoms with E-state index >= 15 is 0 Å². The average molecular weight is 203 g/mol. The predicted octanol–water partition coefficient (Wildman–Crippen LogP) is 2.04. The largest absolute Gasteiger partial charge is 0.490 e. The summed E-state index contributed by atoms with van der Waals surface area (Å²) in [4.78, 5) is 0. The molecule has 0 unspecified atom stereocenters. The van der Waals surface area contributed by atoms with E-state index in [9.17, 15) is 0 Å². The van der Waals surface area contributed by atoms with Crippen LogP contribution in [0.15, 0.2) is 18.2 Å². The first-order valence-corrected chi connectivity index (χ1v) is 5.85. The molecule has 0 radical (unpaired) electrons. The maximum atomic E-state index is 5.87. The second-order valence-electron chi connectivity index (χ2n) is 4.76. The molecular weight excluding hydrogens is 186 g/mol. The van der Waals surface area contributed by atoms with Gasteiger partial charge in [-0.2, -0.15) is 0 Å². The van der Waals surface area contributed by atoms with Crippen LogP contribution in [0.5, 0.6) is 5.75 Å². The van der Waals surface area contributed by atoms with Crippen LogP contribution in [0.25, 0.3) is 0 Å². The molecule has 0 aliphatic heterocycles. The summed E-state index contributed by atoms with van der Waals surface area (Å²) in [6.45, 7) is 0. The predicted molar refractivity (Wildman–Crippen MR) is 60.1 cm³/mol. The fourth-order valence-corrected chi connectivity index (χ4v) is 2.52. The summed E-state index contributed by atoms with van der Waals surface area (Å²) in [5.74, 6) is 1.03. The molecule has 15 heavy (non-hydrogen) atoms. The molecule has 0 amide bonds. The number of aryl methyl sites for hydroxylation is 2. The van der Waals surface area contributed by atoms with E-state index in [1.807, 2.05) is 0 Å². The first-order chi connectivity index (χ1) is 7.31. The Kier molecular flexibility index (Phi) is 2.17. The van der Waals surface area contributed by atoms with Gasteiger partial charge in [0.2, 0.25) is 0 Å². The van der Waals surface area contributed by atoms with E-state index in [-0.39, 0.29) is 0 Å². The summed E-state index contributed by atoms with van der Waals surface area (Å²) >= 11 is 0. The number of hydrogen-bond donors (Lipinski definition) is 1. The van der Waals surface area contributed by atoms with Gasteiger partial charge in [0.15, 0.2) is 0 Å². The fourth-order valence-electron chi connectivity index (χ4n) is 2.52. The van der Waals surface area contributed by atoms with Crippen LogP contribution in [0.4, 0.5) is 0 Å². The highest BCUT2D eigenvalue weighted by molar-refractivity contribution is 5.38. The van der Waals surface area contributed by atoms with Crippen molar-refractivity contribution in [1.82, 2.24) is 0 Å². The van der Waals surface area contributed by atoms with E-state index in [2.05, 4.69) is 18.2 Å². The minimum atomic E-state index is 0.361. The van der Waals surface area contributed by atoms with Crippen LogP contribution in [0.3, 0.4) is 0 Å². The highest BCUT2D eigenvalue weighted by Gasteiger charge is 2.27. The molecule has 1 aromatic carbocycles. The number of hydrogen-bond acceptors (Lipinski definition) is 2. The van der Waals surface area contributed by atoms with Crippen molar-refractivity contribution < 1.29 is 4.74 Å². The molecule has 2 nitrogen and oxygen atoms in total. The van der Waals surface area contributed by atoms with Gasteiger partial charge in [-0.25, -0.2) is 0 Å². The Bertz CT molecular complexity index is 369. The molecule has 80 valence electrons. The van der Waals surface area contributed by atoms with Crippen molar-refractivity contribution >= 4 is 0 Å². The van der Waals surface area contributed by atoms with Crippen molar-refractivity contribution in [2.24, 2.45) is 5.73 Å². The molecule has 0 saturated heterocycles. The molecule has 0 spiro atoms. The maximum absolute atomic E-state index is 5.87. The van der Waals surface area contributed by atoms with Gasteiger partial charge in [-0.3, -0.25) is 0 Å². The lowest BCUT2D eigenvalue weighted by atomic mass is 9.90. The van der Waals surface area contributed by atoms with E-state index in [4.69, 9.17) is 10.5 Å². The van der Waals surface area contributed by atoms with E-state index in [0.717, 1.165) is 18.6 Å². The summed E-state index contributed by atoms with van der Waals surface area (Å²) in [7, 11) is 0. The number of rotatable bonds is 2. The van der Waals surface area contributed by atoms with Crippen LogP contribution in [0.1, 0.15) is 30.4 Å². The zero-order chi connectivity index (χ0) is 10.3. The molecule has 0 aromatic heterocycles. The third-order valence-corrected chi connectivity index (χ3v) is 3.50. The Morgan fingerprint density at radius 1 is 1.13 bits per heavy atom. The molecule has 2 N–H and O–H groups in total. The standard InChI is InChI=1S/C13H17NO/c14-11-7-13(8-11)15-12-5-4-9-2-1-3-10(9)6-12/h4-6,11,13H,1-3,7-8,14H2. The highest BCUT2D eigenvalue weighted by atomic mass is 16.5. The summed E-state index contributed by atoms with van der Waals surface area (Å²) < 4.78 is 5.87. The Hall–Kier alpha value is -1.02. The summed E-state index contributed by atoms with van der Waals surface area (Å²) in [6.07, 6.45) is 6.14. The lowest BCUT2D eigenvalue weighted by molar-refractivity contribution is 0.101. The lowest BCUT2D eigenvalue weighted by Gasteiger charge is -2.32. The van der Waals surface area contributed by atoms with Crippen LogP contribution in [0, 0.1) is 0 Å². The normalized spacial score (nSPS) is 28.3. The Balaban J connectivity index is 1.70. The zero-order valence-corrected chi connectivity index (χ0v) is 8.91. The molecule has 0 bridgehead atoms. The molecule has 0 heterocycles. The Morgan fingerprint density at radius 3 is 2.73 bits per heavy atom. The maximum Gasteiger partial charge on any atom is 0.120 e.